The van der Waals surface area contributed by atoms with Gasteiger partial charge in [-0.2, -0.15) is 0 Å². The Bertz CT molecular complexity index is 103. The van der Waals surface area contributed by atoms with Crippen LogP contribution in [0.3, 0.4) is 0 Å². The molecule has 0 heteroatoms. The first-order valence-corrected chi connectivity index (χ1v) is 3.79. The van der Waals surface area contributed by atoms with E-state index < -0.39 is 0 Å². The lowest BCUT2D eigenvalue weighted by atomic mass is 10.1. The fourth-order valence-electron chi connectivity index (χ4n) is 0.781. The van der Waals surface area contributed by atoms with E-state index >= 15 is 0 Å². The predicted molar refractivity (Wildman–Crippen MR) is 42.1 cm³/mol. The molecule has 0 aliphatic rings. The molecule has 0 aromatic rings. The maximum Gasteiger partial charge on any atom is 0.0174 e. The molecule has 0 aliphatic carbocycles. The van der Waals surface area contributed by atoms with Gasteiger partial charge in [0.25, 0.3) is 0 Å². The second kappa shape index (κ2) is 5.69. The molecule has 1 unspecified atom stereocenters. The lowest BCUT2D eigenvalue weighted by molar-refractivity contribution is 0.653. The highest BCUT2D eigenvalue weighted by Gasteiger charge is 1.91. The molecule has 0 aromatic heterocycles. The van der Waals surface area contributed by atoms with Gasteiger partial charge in [-0.1, -0.05) is 27.2 Å². The lowest BCUT2D eigenvalue weighted by Gasteiger charge is -1.97. The van der Waals surface area contributed by atoms with Gasteiger partial charge in [0.15, 0.2) is 0 Å². The molecule has 0 rings (SSSR count). The van der Waals surface area contributed by atoms with Gasteiger partial charge in [-0.3, -0.25) is 0 Å². The van der Waals surface area contributed by atoms with Gasteiger partial charge in [-0.25, -0.2) is 0 Å². The molecular weight excluding hydrogens is 108 g/mol. The number of rotatable bonds is 2. The summed E-state index contributed by atoms with van der Waals surface area (Å²) in [5.41, 5.74) is 0. The molecule has 1 atom stereocenters. The zero-order valence-corrected chi connectivity index (χ0v) is 6.70. The first kappa shape index (κ1) is 8.56. The molecule has 0 saturated carbocycles. The molecule has 0 fully saturated rings. The SMILES string of the molecule is CCC#CC(C)CCC. The third kappa shape index (κ3) is 5.43. The molecule has 0 N–H and O–H groups in total. The van der Waals surface area contributed by atoms with Crippen LogP contribution in [0.15, 0.2) is 0 Å². The van der Waals surface area contributed by atoms with E-state index in [9.17, 15) is 0 Å². The summed E-state index contributed by atoms with van der Waals surface area (Å²) in [6, 6.07) is 0. The summed E-state index contributed by atoms with van der Waals surface area (Å²) in [5.74, 6) is 6.87. The van der Waals surface area contributed by atoms with E-state index in [1.165, 1.54) is 12.8 Å². The minimum absolute atomic E-state index is 0.606. The van der Waals surface area contributed by atoms with Gasteiger partial charge in [-0.15, -0.1) is 11.8 Å². The Morgan fingerprint density at radius 3 is 2.44 bits per heavy atom. The van der Waals surface area contributed by atoms with E-state index in [0.29, 0.717) is 5.92 Å². The molecule has 0 bridgehead atoms. The molecule has 0 aromatic carbocycles. The topological polar surface area (TPSA) is 0 Å². The summed E-state index contributed by atoms with van der Waals surface area (Å²) in [5, 5.41) is 0. The average molecular weight is 124 g/mol. The molecule has 0 aliphatic heterocycles. The molecule has 0 nitrogen and oxygen atoms in total. The molecule has 0 heterocycles. The Balaban J connectivity index is 3.36. The van der Waals surface area contributed by atoms with Gasteiger partial charge in [0, 0.05) is 12.3 Å². The first-order valence-electron chi connectivity index (χ1n) is 3.79. The molecule has 0 amide bonds. The predicted octanol–water partition coefficient (Wildman–Crippen LogP) is 2.84. The second-order valence-electron chi connectivity index (χ2n) is 2.36. The minimum atomic E-state index is 0.606. The van der Waals surface area contributed by atoms with Gasteiger partial charge in [0.05, 0.1) is 0 Å². The van der Waals surface area contributed by atoms with E-state index in [1.54, 1.807) is 0 Å². The summed E-state index contributed by atoms with van der Waals surface area (Å²) in [7, 11) is 0. The Morgan fingerprint density at radius 2 is 2.00 bits per heavy atom. The highest BCUT2D eigenvalue weighted by Crippen LogP contribution is 2.01. The quantitative estimate of drug-likeness (QED) is 0.496. The van der Waals surface area contributed by atoms with Crippen LogP contribution in [0.1, 0.15) is 40.0 Å². The van der Waals surface area contributed by atoms with Crippen molar-refractivity contribution >= 4 is 0 Å². The van der Waals surface area contributed by atoms with Gasteiger partial charge in [-0.05, 0) is 6.42 Å². The zero-order valence-electron chi connectivity index (χ0n) is 6.70. The Labute approximate surface area is 58.7 Å². The Kier molecular flexibility index (Phi) is 5.41. The van der Waals surface area contributed by atoms with Crippen molar-refractivity contribution in [2.24, 2.45) is 5.92 Å². The van der Waals surface area contributed by atoms with Gasteiger partial charge in [0.2, 0.25) is 0 Å². The summed E-state index contributed by atoms with van der Waals surface area (Å²) in [4.78, 5) is 0. The summed E-state index contributed by atoms with van der Waals surface area (Å²) >= 11 is 0. The van der Waals surface area contributed by atoms with Crippen molar-refractivity contribution in [1.29, 1.82) is 0 Å². The van der Waals surface area contributed by atoms with Crippen LogP contribution in [0.2, 0.25) is 0 Å². The number of hydrogen-bond donors (Lipinski definition) is 0. The van der Waals surface area contributed by atoms with Crippen LogP contribution in [0.25, 0.3) is 0 Å². The second-order valence-corrected chi connectivity index (χ2v) is 2.36. The van der Waals surface area contributed by atoms with E-state index in [1.807, 2.05) is 0 Å². The van der Waals surface area contributed by atoms with Crippen LogP contribution in [0.5, 0.6) is 0 Å². The zero-order chi connectivity index (χ0) is 7.11. The first-order chi connectivity index (χ1) is 4.31. The standard InChI is InChI=1S/C9H16/c1-4-6-8-9(3)7-5-2/h9H,4-5,7H2,1-3H3. The minimum Gasteiger partial charge on any atom is -0.103 e. The molecule has 9 heavy (non-hydrogen) atoms. The highest BCUT2D eigenvalue weighted by molar-refractivity contribution is 5.01. The molecule has 52 valence electrons. The molecular formula is C9H16. The average Bonchev–Trinajstić information content (AvgIpc) is 1.85. The highest BCUT2D eigenvalue weighted by atomic mass is 13.9. The van der Waals surface area contributed by atoms with Gasteiger partial charge >= 0.3 is 0 Å². The van der Waals surface area contributed by atoms with Crippen LogP contribution in [-0.2, 0) is 0 Å². The van der Waals surface area contributed by atoms with E-state index in [0.717, 1.165) is 6.42 Å². The summed E-state index contributed by atoms with van der Waals surface area (Å²) in [6.07, 6.45) is 3.49. The van der Waals surface area contributed by atoms with Crippen LogP contribution < -0.4 is 0 Å². The van der Waals surface area contributed by atoms with Gasteiger partial charge < -0.3 is 0 Å². The van der Waals surface area contributed by atoms with Crippen molar-refractivity contribution < 1.29 is 0 Å². The van der Waals surface area contributed by atoms with Crippen molar-refractivity contribution in [3.05, 3.63) is 0 Å². The molecule has 0 spiro atoms. The third-order valence-electron chi connectivity index (χ3n) is 1.25. The van der Waals surface area contributed by atoms with E-state index in [4.69, 9.17) is 0 Å². The maximum atomic E-state index is 3.18. The van der Waals surface area contributed by atoms with Crippen molar-refractivity contribution in [2.45, 2.75) is 40.0 Å². The van der Waals surface area contributed by atoms with Crippen molar-refractivity contribution in [2.75, 3.05) is 0 Å². The van der Waals surface area contributed by atoms with Crippen LogP contribution in [-0.4, -0.2) is 0 Å². The maximum absolute atomic E-state index is 3.18. The lowest BCUT2D eigenvalue weighted by Crippen LogP contribution is -1.87. The van der Waals surface area contributed by atoms with E-state index in [2.05, 4.69) is 32.6 Å². The fourth-order valence-corrected chi connectivity index (χ4v) is 0.781. The van der Waals surface area contributed by atoms with Crippen LogP contribution in [0, 0.1) is 17.8 Å². The summed E-state index contributed by atoms with van der Waals surface area (Å²) in [6.45, 7) is 6.47. The Morgan fingerprint density at radius 1 is 1.33 bits per heavy atom. The fraction of sp³-hybridized carbons (Fsp3) is 0.778. The third-order valence-corrected chi connectivity index (χ3v) is 1.25. The normalized spacial score (nSPS) is 11.9. The monoisotopic (exact) mass is 124 g/mol. The number of hydrogen-bond acceptors (Lipinski definition) is 0. The smallest absolute Gasteiger partial charge is 0.0174 e. The van der Waals surface area contributed by atoms with E-state index in [-0.39, 0.29) is 0 Å². The van der Waals surface area contributed by atoms with Crippen molar-refractivity contribution in [3.8, 4) is 11.8 Å². The van der Waals surface area contributed by atoms with Crippen molar-refractivity contribution in [3.63, 3.8) is 0 Å². The van der Waals surface area contributed by atoms with Crippen LogP contribution >= 0.6 is 0 Å². The molecule has 0 radical (unpaired) electrons. The van der Waals surface area contributed by atoms with Gasteiger partial charge in [0.1, 0.15) is 0 Å². The van der Waals surface area contributed by atoms with Crippen LogP contribution in [0.4, 0.5) is 0 Å². The largest absolute Gasteiger partial charge is 0.103 e. The Hall–Kier alpha value is -0.440. The van der Waals surface area contributed by atoms with Crippen molar-refractivity contribution in [1.82, 2.24) is 0 Å². The molecule has 0 saturated heterocycles. The summed E-state index contributed by atoms with van der Waals surface area (Å²) < 4.78 is 0.